The molecule has 4 heteroatoms. The third kappa shape index (κ3) is 3.74. The number of nitrogens with one attached hydrogen (secondary N) is 1. The summed E-state index contributed by atoms with van der Waals surface area (Å²) in [4.78, 5) is 13.2. The van der Waals surface area contributed by atoms with Gasteiger partial charge in [0.1, 0.15) is 0 Å². The second-order valence-electron chi connectivity index (χ2n) is 3.41. The van der Waals surface area contributed by atoms with E-state index in [2.05, 4.69) is 17.1 Å². The van der Waals surface area contributed by atoms with Crippen molar-refractivity contribution in [3.8, 4) is 0 Å². The van der Waals surface area contributed by atoms with Crippen LogP contribution in [0.3, 0.4) is 0 Å². The molecule has 0 aromatic rings. The molecule has 1 aliphatic rings. The first-order chi connectivity index (χ1) is 6.22. The quantitative estimate of drug-likeness (QED) is 0.666. The SMILES string of the molecule is CNC(=O)CCN1CCO[C@H](C)C1. The minimum absolute atomic E-state index is 0.110. The molecular weight excluding hydrogens is 168 g/mol. The van der Waals surface area contributed by atoms with Crippen LogP contribution in [0.25, 0.3) is 0 Å². The van der Waals surface area contributed by atoms with Gasteiger partial charge in [-0.15, -0.1) is 0 Å². The molecule has 1 N–H and O–H groups in total. The van der Waals surface area contributed by atoms with Gasteiger partial charge in [-0.25, -0.2) is 0 Å². The van der Waals surface area contributed by atoms with Crippen LogP contribution in [0.2, 0.25) is 0 Å². The van der Waals surface area contributed by atoms with Crippen molar-refractivity contribution in [1.29, 1.82) is 0 Å². The van der Waals surface area contributed by atoms with Gasteiger partial charge in [0.25, 0.3) is 0 Å². The number of hydrogen-bond donors (Lipinski definition) is 1. The van der Waals surface area contributed by atoms with Gasteiger partial charge in [-0.05, 0) is 6.92 Å². The first-order valence-electron chi connectivity index (χ1n) is 4.77. The van der Waals surface area contributed by atoms with Crippen molar-refractivity contribution in [3.05, 3.63) is 0 Å². The first-order valence-corrected chi connectivity index (χ1v) is 4.77. The van der Waals surface area contributed by atoms with Crippen molar-refractivity contribution in [2.45, 2.75) is 19.4 Å². The summed E-state index contributed by atoms with van der Waals surface area (Å²) in [5.74, 6) is 0.110. The Morgan fingerprint density at radius 1 is 1.69 bits per heavy atom. The highest BCUT2D eigenvalue weighted by Gasteiger charge is 2.16. The van der Waals surface area contributed by atoms with Gasteiger partial charge in [-0.2, -0.15) is 0 Å². The summed E-state index contributed by atoms with van der Waals surface area (Å²) < 4.78 is 5.40. The summed E-state index contributed by atoms with van der Waals surface area (Å²) in [5.41, 5.74) is 0. The van der Waals surface area contributed by atoms with Crippen molar-refractivity contribution in [2.24, 2.45) is 0 Å². The van der Waals surface area contributed by atoms with E-state index in [9.17, 15) is 4.79 Å². The predicted octanol–water partition coefficient (Wildman–Crippen LogP) is -0.157. The van der Waals surface area contributed by atoms with E-state index < -0.39 is 0 Å². The lowest BCUT2D eigenvalue weighted by Crippen LogP contribution is -2.42. The monoisotopic (exact) mass is 186 g/mol. The fourth-order valence-corrected chi connectivity index (χ4v) is 1.48. The summed E-state index contributed by atoms with van der Waals surface area (Å²) in [6, 6.07) is 0. The molecule has 0 aromatic heterocycles. The molecule has 0 aliphatic carbocycles. The van der Waals surface area contributed by atoms with Crippen molar-refractivity contribution in [3.63, 3.8) is 0 Å². The maximum absolute atomic E-state index is 11.0. The second-order valence-corrected chi connectivity index (χ2v) is 3.41. The lowest BCUT2D eigenvalue weighted by atomic mass is 10.2. The lowest BCUT2D eigenvalue weighted by Gasteiger charge is -2.30. The van der Waals surface area contributed by atoms with Crippen molar-refractivity contribution < 1.29 is 9.53 Å². The number of amides is 1. The van der Waals surface area contributed by atoms with E-state index in [1.54, 1.807) is 7.05 Å². The van der Waals surface area contributed by atoms with Crippen molar-refractivity contribution in [2.75, 3.05) is 33.3 Å². The molecule has 0 bridgehead atoms. The Morgan fingerprint density at radius 3 is 3.08 bits per heavy atom. The molecule has 1 saturated heterocycles. The van der Waals surface area contributed by atoms with Gasteiger partial charge >= 0.3 is 0 Å². The van der Waals surface area contributed by atoms with E-state index in [-0.39, 0.29) is 5.91 Å². The molecule has 1 rings (SSSR count). The van der Waals surface area contributed by atoms with Crippen LogP contribution >= 0.6 is 0 Å². The third-order valence-corrected chi connectivity index (χ3v) is 2.26. The molecule has 1 fully saturated rings. The fraction of sp³-hybridized carbons (Fsp3) is 0.889. The molecule has 1 heterocycles. The zero-order valence-electron chi connectivity index (χ0n) is 8.38. The van der Waals surface area contributed by atoms with Gasteiger partial charge in [0.05, 0.1) is 12.7 Å². The van der Waals surface area contributed by atoms with Crippen LogP contribution in [0.1, 0.15) is 13.3 Å². The van der Waals surface area contributed by atoms with Crippen LogP contribution in [0.15, 0.2) is 0 Å². The van der Waals surface area contributed by atoms with Crippen LogP contribution in [0.5, 0.6) is 0 Å². The zero-order valence-corrected chi connectivity index (χ0v) is 8.38. The average Bonchev–Trinajstić information content (AvgIpc) is 2.14. The van der Waals surface area contributed by atoms with Crippen LogP contribution in [-0.2, 0) is 9.53 Å². The second kappa shape index (κ2) is 5.19. The highest BCUT2D eigenvalue weighted by atomic mass is 16.5. The maximum Gasteiger partial charge on any atom is 0.221 e. The Bertz CT molecular complexity index is 173. The summed E-state index contributed by atoms with van der Waals surface area (Å²) in [5, 5.41) is 2.62. The van der Waals surface area contributed by atoms with Gasteiger partial charge in [0, 0.05) is 33.1 Å². The van der Waals surface area contributed by atoms with Gasteiger partial charge in [0.15, 0.2) is 0 Å². The van der Waals surface area contributed by atoms with E-state index in [0.717, 1.165) is 26.2 Å². The summed E-state index contributed by atoms with van der Waals surface area (Å²) in [6.07, 6.45) is 0.891. The number of hydrogen-bond acceptors (Lipinski definition) is 3. The van der Waals surface area contributed by atoms with Gasteiger partial charge in [-0.3, -0.25) is 9.69 Å². The van der Waals surface area contributed by atoms with Crippen LogP contribution < -0.4 is 5.32 Å². The predicted molar refractivity (Wildman–Crippen MR) is 50.5 cm³/mol. The number of carbonyl (C=O) groups is 1. The van der Waals surface area contributed by atoms with Gasteiger partial charge in [0.2, 0.25) is 5.91 Å². The Morgan fingerprint density at radius 2 is 2.46 bits per heavy atom. The molecule has 0 saturated carbocycles. The Hall–Kier alpha value is -0.610. The molecule has 1 atom stereocenters. The molecule has 4 nitrogen and oxygen atoms in total. The molecular formula is C9H18N2O2. The number of rotatable bonds is 3. The molecule has 0 aromatic carbocycles. The number of ether oxygens (including phenoxy) is 1. The summed E-state index contributed by atoms with van der Waals surface area (Å²) in [6.45, 7) is 5.58. The molecule has 1 amide bonds. The average molecular weight is 186 g/mol. The minimum Gasteiger partial charge on any atom is -0.376 e. The third-order valence-electron chi connectivity index (χ3n) is 2.26. The van der Waals surface area contributed by atoms with E-state index in [0.29, 0.717) is 12.5 Å². The van der Waals surface area contributed by atoms with Crippen molar-refractivity contribution >= 4 is 5.91 Å². The molecule has 1 aliphatic heterocycles. The fourth-order valence-electron chi connectivity index (χ4n) is 1.48. The van der Waals surface area contributed by atoms with Crippen LogP contribution in [-0.4, -0.2) is 50.2 Å². The Kier molecular flexibility index (Phi) is 4.18. The molecule has 0 spiro atoms. The topological polar surface area (TPSA) is 41.6 Å². The highest BCUT2D eigenvalue weighted by molar-refractivity contribution is 5.75. The lowest BCUT2D eigenvalue weighted by molar-refractivity contribution is -0.121. The maximum atomic E-state index is 11.0. The van der Waals surface area contributed by atoms with Crippen molar-refractivity contribution in [1.82, 2.24) is 10.2 Å². The summed E-state index contributed by atoms with van der Waals surface area (Å²) in [7, 11) is 1.67. The number of morpholine rings is 1. The molecule has 76 valence electrons. The number of nitrogens with zero attached hydrogens (tertiary/aromatic N) is 1. The Balaban J connectivity index is 2.17. The summed E-state index contributed by atoms with van der Waals surface area (Å²) >= 11 is 0. The minimum atomic E-state index is 0.110. The van der Waals surface area contributed by atoms with Gasteiger partial charge < -0.3 is 10.1 Å². The smallest absolute Gasteiger partial charge is 0.221 e. The standard InChI is InChI=1S/C9H18N2O2/c1-8-7-11(5-6-13-8)4-3-9(12)10-2/h8H,3-7H2,1-2H3,(H,10,12)/t8-/m1/s1. The molecule has 13 heavy (non-hydrogen) atoms. The normalized spacial score (nSPS) is 24.3. The highest BCUT2D eigenvalue weighted by Crippen LogP contribution is 2.04. The van der Waals surface area contributed by atoms with E-state index in [4.69, 9.17) is 4.74 Å². The van der Waals surface area contributed by atoms with Gasteiger partial charge in [-0.1, -0.05) is 0 Å². The van der Waals surface area contributed by atoms with E-state index in [1.165, 1.54) is 0 Å². The zero-order chi connectivity index (χ0) is 9.68. The van der Waals surface area contributed by atoms with Crippen LogP contribution in [0, 0.1) is 0 Å². The van der Waals surface area contributed by atoms with E-state index >= 15 is 0 Å². The van der Waals surface area contributed by atoms with Crippen LogP contribution in [0.4, 0.5) is 0 Å². The molecule has 0 radical (unpaired) electrons. The first kappa shape index (κ1) is 10.5. The molecule has 0 unspecified atom stereocenters. The number of carbonyl (C=O) groups excluding carboxylic acids is 1. The van der Waals surface area contributed by atoms with E-state index in [1.807, 2.05) is 0 Å². The Labute approximate surface area is 79.2 Å². The largest absolute Gasteiger partial charge is 0.376 e.